The number of carbonyl (C=O) groups excluding carboxylic acids is 2. The second kappa shape index (κ2) is 6.12. The van der Waals surface area contributed by atoms with Crippen LogP contribution in [0.4, 0.5) is 4.79 Å². The molecule has 86 valence electrons. The molecule has 0 aliphatic heterocycles. The van der Waals surface area contributed by atoms with Crippen LogP contribution < -0.4 is 0 Å². The van der Waals surface area contributed by atoms with Gasteiger partial charge >= 0.3 is 11.4 Å². The van der Waals surface area contributed by atoms with Crippen LogP contribution in [0, 0.1) is 0 Å². The maximum atomic E-state index is 11.3. The molecule has 1 rings (SSSR count). The molecule has 0 N–H and O–H groups in total. The Morgan fingerprint density at radius 2 is 1.94 bits per heavy atom. The predicted octanol–water partition coefficient (Wildman–Crippen LogP) is 2.49. The van der Waals surface area contributed by atoms with Crippen LogP contribution in [-0.4, -0.2) is 17.5 Å². The summed E-state index contributed by atoms with van der Waals surface area (Å²) in [4.78, 5) is 21.7. The molecule has 1 unspecified atom stereocenters. The lowest BCUT2D eigenvalue weighted by Gasteiger charge is -2.10. The van der Waals surface area contributed by atoms with E-state index in [4.69, 9.17) is 16.3 Å². The number of esters is 1. The molecule has 0 radical (unpaired) electrons. The Bertz CT molecular complexity index is 364. The molecule has 5 heteroatoms. The largest absolute Gasteiger partial charge is 0.458 e. The van der Waals surface area contributed by atoms with Gasteiger partial charge in [-0.2, -0.15) is 0 Å². The number of carbonyl (C=O) groups is 2. The van der Waals surface area contributed by atoms with Gasteiger partial charge in [0.2, 0.25) is 0 Å². The number of hydrogen-bond donors (Lipinski definition) is 0. The molecule has 0 fully saturated rings. The highest BCUT2D eigenvalue weighted by Gasteiger charge is 2.17. The van der Waals surface area contributed by atoms with Crippen molar-refractivity contribution in [3.63, 3.8) is 0 Å². The van der Waals surface area contributed by atoms with E-state index in [0.29, 0.717) is 0 Å². The van der Waals surface area contributed by atoms with Gasteiger partial charge in [-0.15, -0.1) is 0 Å². The lowest BCUT2D eigenvalue weighted by atomic mass is 10.2. The molecule has 0 aliphatic carbocycles. The van der Waals surface area contributed by atoms with E-state index in [-0.39, 0.29) is 6.61 Å². The molecule has 0 aromatic heterocycles. The molecule has 0 saturated heterocycles. The number of ether oxygens (including phenoxy) is 2. The number of hydrogen-bond acceptors (Lipinski definition) is 4. The third-order valence-electron chi connectivity index (χ3n) is 1.83. The van der Waals surface area contributed by atoms with Crippen LogP contribution in [0.5, 0.6) is 0 Å². The SMILES string of the molecule is CC(OC(=O)Cl)C(=O)OCc1ccccc1. The lowest BCUT2D eigenvalue weighted by Crippen LogP contribution is -2.24. The minimum absolute atomic E-state index is 0.143. The van der Waals surface area contributed by atoms with Crippen LogP contribution >= 0.6 is 11.6 Å². The summed E-state index contributed by atoms with van der Waals surface area (Å²) in [6.45, 7) is 1.54. The molecule has 1 aromatic carbocycles. The fraction of sp³-hybridized carbons (Fsp3) is 0.273. The molecular formula is C11H11ClO4. The highest BCUT2D eigenvalue weighted by atomic mass is 35.5. The number of halogens is 1. The lowest BCUT2D eigenvalue weighted by molar-refractivity contribution is -0.153. The van der Waals surface area contributed by atoms with Gasteiger partial charge in [-0.3, -0.25) is 0 Å². The Labute approximate surface area is 98.1 Å². The van der Waals surface area contributed by atoms with E-state index < -0.39 is 17.5 Å². The fourth-order valence-corrected chi connectivity index (χ4v) is 1.17. The van der Waals surface area contributed by atoms with Crippen molar-refractivity contribution >= 4 is 23.0 Å². The summed E-state index contributed by atoms with van der Waals surface area (Å²) in [5.41, 5.74) is -0.163. The summed E-state index contributed by atoms with van der Waals surface area (Å²) >= 11 is 4.96. The standard InChI is InChI=1S/C11H11ClO4/c1-8(16-11(12)14)10(13)15-7-9-5-3-2-4-6-9/h2-6,8H,7H2,1H3. The van der Waals surface area contributed by atoms with E-state index in [1.54, 1.807) is 0 Å². The normalized spacial score (nSPS) is 11.6. The van der Waals surface area contributed by atoms with E-state index in [9.17, 15) is 9.59 Å². The Balaban J connectivity index is 2.38. The molecule has 0 aliphatic rings. The van der Waals surface area contributed by atoms with Crippen molar-refractivity contribution in [2.24, 2.45) is 0 Å². The van der Waals surface area contributed by atoms with Gasteiger partial charge in [-0.1, -0.05) is 30.3 Å². The maximum Gasteiger partial charge on any atom is 0.404 e. The smallest absolute Gasteiger partial charge is 0.404 e. The summed E-state index contributed by atoms with van der Waals surface area (Å²) in [6, 6.07) is 9.19. The molecular weight excluding hydrogens is 232 g/mol. The van der Waals surface area contributed by atoms with Gasteiger partial charge in [0.25, 0.3) is 0 Å². The zero-order valence-corrected chi connectivity index (χ0v) is 9.44. The van der Waals surface area contributed by atoms with Gasteiger partial charge in [-0.25, -0.2) is 9.59 Å². The van der Waals surface area contributed by atoms with E-state index in [1.165, 1.54) is 6.92 Å². The Morgan fingerprint density at radius 3 is 2.50 bits per heavy atom. The Morgan fingerprint density at radius 1 is 1.31 bits per heavy atom. The highest BCUT2D eigenvalue weighted by Crippen LogP contribution is 2.04. The first-order valence-corrected chi connectivity index (χ1v) is 5.04. The summed E-state index contributed by atoms with van der Waals surface area (Å²) in [5.74, 6) is -0.627. The van der Waals surface area contributed by atoms with E-state index in [0.717, 1.165) is 5.56 Å². The first kappa shape index (κ1) is 12.5. The van der Waals surface area contributed by atoms with Crippen LogP contribution in [0.1, 0.15) is 12.5 Å². The minimum Gasteiger partial charge on any atom is -0.458 e. The first-order valence-electron chi connectivity index (χ1n) is 4.66. The van der Waals surface area contributed by atoms with Crippen LogP contribution in [0.2, 0.25) is 0 Å². The third kappa shape index (κ3) is 4.31. The predicted molar refractivity (Wildman–Crippen MR) is 58.0 cm³/mol. The van der Waals surface area contributed by atoms with Crippen molar-refractivity contribution in [1.29, 1.82) is 0 Å². The first-order chi connectivity index (χ1) is 7.59. The van der Waals surface area contributed by atoms with Crippen molar-refractivity contribution in [2.75, 3.05) is 0 Å². The van der Waals surface area contributed by atoms with Gasteiger partial charge in [0, 0.05) is 11.6 Å². The van der Waals surface area contributed by atoms with Crippen LogP contribution in [-0.2, 0) is 20.9 Å². The molecule has 0 saturated carbocycles. The van der Waals surface area contributed by atoms with Crippen molar-refractivity contribution in [2.45, 2.75) is 19.6 Å². The quantitative estimate of drug-likeness (QED) is 0.601. The van der Waals surface area contributed by atoms with Crippen molar-refractivity contribution in [3.05, 3.63) is 35.9 Å². The summed E-state index contributed by atoms with van der Waals surface area (Å²) < 4.78 is 9.37. The van der Waals surface area contributed by atoms with Gasteiger partial charge in [-0.05, 0) is 12.5 Å². The van der Waals surface area contributed by atoms with Gasteiger partial charge < -0.3 is 9.47 Å². The molecule has 0 bridgehead atoms. The van der Waals surface area contributed by atoms with Gasteiger partial charge in [0.15, 0.2) is 6.10 Å². The average molecular weight is 243 g/mol. The van der Waals surface area contributed by atoms with Crippen molar-refractivity contribution < 1.29 is 19.1 Å². The number of benzene rings is 1. The zero-order valence-electron chi connectivity index (χ0n) is 8.68. The minimum atomic E-state index is -1.02. The fourth-order valence-electron chi connectivity index (χ4n) is 1.03. The van der Waals surface area contributed by atoms with Crippen LogP contribution in [0.3, 0.4) is 0 Å². The molecule has 0 amide bonds. The van der Waals surface area contributed by atoms with Crippen molar-refractivity contribution in [3.8, 4) is 0 Å². The number of rotatable bonds is 4. The summed E-state index contributed by atoms with van der Waals surface area (Å²) in [5, 5.41) is 0. The van der Waals surface area contributed by atoms with E-state index >= 15 is 0 Å². The zero-order chi connectivity index (χ0) is 12.0. The third-order valence-corrected chi connectivity index (χ3v) is 1.91. The average Bonchev–Trinajstić information content (AvgIpc) is 2.26. The van der Waals surface area contributed by atoms with Gasteiger partial charge in [0.05, 0.1) is 0 Å². The Kier molecular flexibility index (Phi) is 4.79. The highest BCUT2D eigenvalue weighted by molar-refractivity contribution is 6.61. The maximum absolute atomic E-state index is 11.3. The van der Waals surface area contributed by atoms with Crippen molar-refractivity contribution in [1.82, 2.24) is 0 Å². The molecule has 1 atom stereocenters. The van der Waals surface area contributed by atoms with Crippen LogP contribution in [0.15, 0.2) is 30.3 Å². The molecule has 4 nitrogen and oxygen atoms in total. The summed E-state index contributed by atoms with van der Waals surface area (Å²) in [6.07, 6.45) is -0.992. The van der Waals surface area contributed by atoms with E-state index in [2.05, 4.69) is 4.74 Å². The molecule has 1 aromatic rings. The van der Waals surface area contributed by atoms with Gasteiger partial charge in [0.1, 0.15) is 6.61 Å². The molecule has 0 spiro atoms. The second-order valence-electron chi connectivity index (χ2n) is 3.09. The second-order valence-corrected chi connectivity index (χ2v) is 3.40. The van der Waals surface area contributed by atoms with E-state index in [1.807, 2.05) is 30.3 Å². The molecule has 16 heavy (non-hydrogen) atoms. The van der Waals surface area contributed by atoms with Crippen LogP contribution in [0.25, 0.3) is 0 Å². The summed E-state index contributed by atoms with van der Waals surface area (Å²) in [7, 11) is 0. The topological polar surface area (TPSA) is 52.6 Å². The molecule has 0 heterocycles. The Hall–Kier alpha value is -1.55. The monoisotopic (exact) mass is 242 g/mol.